The van der Waals surface area contributed by atoms with E-state index in [-0.39, 0.29) is 31.1 Å². The molecule has 8 nitrogen and oxygen atoms in total. The highest BCUT2D eigenvalue weighted by molar-refractivity contribution is 5.79. The number of ketones is 1. The van der Waals surface area contributed by atoms with Gasteiger partial charge in [-0.1, -0.05) is 0 Å². The quantitative estimate of drug-likeness (QED) is 0.393. The van der Waals surface area contributed by atoms with E-state index in [1.165, 1.54) is 0 Å². The molecule has 0 aromatic rings. The molecule has 0 heterocycles. The summed E-state index contributed by atoms with van der Waals surface area (Å²) in [6, 6.07) is 0. The molecule has 0 aliphatic rings. The molecule has 0 radical (unpaired) electrons. The van der Waals surface area contributed by atoms with Gasteiger partial charge in [0.1, 0.15) is 6.61 Å². The summed E-state index contributed by atoms with van der Waals surface area (Å²) in [4.78, 5) is 32.9. The summed E-state index contributed by atoms with van der Waals surface area (Å²) in [6.07, 6.45) is 1.66. The lowest BCUT2D eigenvalue weighted by Crippen LogP contribution is -2.27. The molecule has 0 bridgehead atoms. The first-order valence-electron chi connectivity index (χ1n) is 7.71. The van der Waals surface area contributed by atoms with E-state index in [9.17, 15) is 14.4 Å². The monoisotopic (exact) mass is 333 g/mol. The molecule has 0 aromatic heterocycles. The molecule has 0 saturated carbocycles. The molecular weight excluding hydrogens is 306 g/mol. The smallest absolute Gasteiger partial charge is 0.303 e. The van der Waals surface area contributed by atoms with E-state index in [2.05, 4.69) is 5.32 Å². The average molecular weight is 333 g/mol. The summed E-state index contributed by atoms with van der Waals surface area (Å²) in [5, 5.41) is 11.1. The third-order valence-electron chi connectivity index (χ3n) is 2.80. The fourth-order valence-corrected chi connectivity index (χ4v) is 1.64. The molecule has 2 N–H and O–H groups in total. The highest BCUT2D eigenvalue weighted by Crippen LogP contribution is 1.95. The SMILES string of the molecule is COCCCC(=O)COCCOCCNC(=O)CCCC(=O)O. The number of ether oxygens (including phenoxy) is 3. The molecule has 134 valence electrons. The zero-order valence-corrected chi connectivity index (χ0v) is 13.7. The second-order valence-electron chi connectivity index (χ2n) is 4.90. The van der Waals surface area contributed by atoms with Crippen LogP contribution in [0, 0.1) is 0 Å². The molecule has 0 unspecified atom stereocenters. The minimum atomic E-state index is -0.904. The Balaban J connectivity index is 3.28. The van der Waals surface area contributed by atoms with E-state index >= 15 is 0 Å². The Morgan fingerprint density at radius 2 is 1.65 bits per heavy atom. The Kier molecular flexibility index (Phi) is 14.4. The number of hydrogen-bond acceptors (Lipinski definition) is 6. The number of Topliss-reactive ketones (excluding diaryl/α,β-unsaturated/α-hetero) is 1. The van der Waals surface area contributed by atoms with Gasteiger partial charge in [-0.3, -0.25) is 14.4 Å². The minimum absolute atomic E-state index is 0.00848. The molecular formula is C15H27NO7. The van der Waals surface area contributed by atoms with Crippen LogP contribution in [0.2, 0.25) is 0 Å². The van der Waals surface area contributed by atoms with Crippen molar-refractivity contribution in [1.82, 2.24) is 5.32 Å². The van der Waals surface area contributed by atoms with Gasteiger partial charge in [-0.15, -0.1) is 0 Å². The molecule has 1 amide bonds. The van der Waals surface area contributed by atoms with Crippen molar-refractivity contribution >= 4 is 17.7 Å². The number of nitrogens with one attached hydrogen (secondary N) is 1. The van der Waals surface area contributed by atoms with E-state index in [0.717, 1.165) is 0 Å². The van der Waals surface area contributed by atoms with Gasteiger partial charge in [0.25, 0.3) is 0 Å². The van der Waals surface area contributed by atoms with E-state index in [1.807, 2.05) is 0 Å². The maximum atomic E-state index is 11.4. The van der Waals surface area contributed by atoms with Crippen molar-refractivity contribution in [3.05, 3.63) is 0 Å². The Morgan fingerprint density at radius 1 is 0.913 bits per heavy atom. The standard InChI is InChI=1S/C15H27NO7/c1-21-8-3-4-13(17)12-23-11-10-22-9-7-16-14(18)5-2-6-15(19)20/h2-12H2,1H3,(H,16,18)(H,19,20). The van der Waals surface area contributed by atoms with Crippen molar-refractivity contribution < 1.29 is 33.7 Å². The summed E-state index contributed by atoms with van der Waals surface area (Å²) in [6.45, 7) is 2.02. The fraction of sp³-hybridized carbons (Fsp3) is 0.800. The summed E-state index contributed by atoms with van der Waals surface area (Å²) < 4.78 is 15.3. The third kappa shape index (κ3) is 16.7. The molecule has 0 spiro atoms. The maximum absolute atomic E-state index is 11.4. The molecule has 0 aliphatic heterocycles. The second kappa shape index (κ2) is 15.4. The summed E-state index contributed by atoms with van der Waals surface area (Å²) in [7, 11) is 1.59. The highest BCUT2D eigenvalue weighted by Gasteiger charge is 2.03. The highest BCUT2D eigenvalue weighted by atomic mass is 16.5. The van der Waals surface area contributed by atoms with Gasteiger partial charge in [-0.25, -0.2) is 0 Å². The first-order chi connectivity index (χ1) is 11.1. The van der Waals surface area contributed by atoms with E-state index < -0.39 is 5.97 Å². The van der Waals surface area contributed by atoms with E-state index in [0.29, 0.717) is 52.2 Å². The van der Waals surface area contributed by atoms with Crippen LogP contribution >= 0.6 is 0 Å². The van der Waals surface area contributed by atoms with Crippen LogP contribution in [0.4, 0.5) is 0 Å². The predicted octanol–water partition coefficient (Wildman–Crippen LogP) is 0.386. The number of methoxy groups -OCH3 is 1. The van der Waals surface area contributed by atoms with E-state index in [1.54, 1.807) is 7.11 Å². The van der Waals surface area contributed by atoms with Crippen LogP contribution in [0.5, 0.6) is 0 Å². The molecule has 0 aromatic carbocycles. The van der Waals surface area contributed by atoms with Gasteiger partial charge in [0.2, 0.25) is 5.91 Å². The van der Waals surface area contributed by atoms with Crippen LogP contribution in [-0.4, -0.2) is 69.5 Å². The Hall–Kier alpha value is -1.51. The number of aliphatic carboxylic acids is 1. The van der Waals surface area contributed by atoms with Crippen molar-refractivity contribution in [2.45, 2.75) is 32.1 Å². The summed E-state index contributed by atoms with van der Waals surface area (Å²) in [5.74, 6) is -1.05. The Labute approximate surface area is 136 Å². The van der Waals surface area contributed by atoms with Crippen LogP contribution in [0.1, 0.15) is 32.1 Å². The number of carboxylic acids is 1. The van der Waals surface area contributed by atoms with Gasteiger partial charge >= 0.3 is 5.97 Å². The number of amides is 1. The fourth-order valence-electron chi connectivity index (χ4n) is 1.64. The van der Waals surface area contributed by atoms with Crippen LogP contribution in [-0.2, 0) is 28.6 Å². The number of rotatable bonds is 16. The van der Waals surface area contributed by atoms with Crippen LogP contribution in [0.3, 0.4) is 0 Å². The molecule has 0 fully saturated rings. The largest absolute Gasteiger partial charge is 0.481 e. The van der Waals surface area contributed by atoms with Crippen molar-refractivity contribution in [1.29, 1.82) is 0 Å². The average Bonchev–Trinajstić information content (AvgIpc) is 2.49. The predicted molar refractivity (Wildman–Crippen MR) is 82.3 cm³/mol. The molecule has 23 heavy (non-hydrogen) atoms. The third-order valence-corrected chi connectivity index (χ3v) is 2.80. The van der Waals surface area contributed by atoms with Crippen molar-refractivity contribution in [3.63, 3.8) is 0 Å². The normalized spacial score (nSPS) is 10.5. The lowest BCUT2D eigenvalue weighted by molar-refractivity contribution is -0.137. The molecule has 0 saturated heterocycles. The van der Waals surface area contributed by atoms with Gasteiger partial charge in [-0.2, -0.15) is 0 Å². The van der Waals surface area contributed by atoms with Crippen LogP contribution in [0.25, 0.3) is 0 Å². The molecule has 8 heteroatoms. The summed E-state index contributed by atoms with van der Waals surface area (Å²) in [5.41, 5.74) is 0. The lowest BCUT2D eigenvalue weighted by atomic mass is 10.2. The van der Waals surface area contributed by atoms with Gasteiger partial charge in [0.15, 0.2) is 5.78 Å². The summed E-state index contributed by atoms with van der Waals surface area (Å²) >= 11 is 0. The van der Waals surface area contributed by atoms with Crippen LogP contribution in [0.15, 0.2) is 0 Å². The first kappa shape index (κ1) is 21.5. The van der Waals surface area contributed by atoms with Gasteiger partial charge < -0.3 is 24.6 Å². The molecule has 0 rings (SSSR count). The Bertz CT molecular complexity index is 347. The topological polar surface area (TPSA) is 111 Å². The number of carbonyl (C=O) groups excluding carboxylic acids is 2. The van der Waals surface area contributed by atoms with Crippen molar-refractivity contribution in [2.75, 3.05) is 46.7 Å². The van der Waals surface area contributed by atoms with E-state index in [4.69, 9.17) is 19.3 Å². The maximum Gasteiger partial charge on any atom is 0.303 e. The zero-order chi connectivity index (χ0) is 17.3. The number of carbonyl (C=O) groups is 3. The molecule has 0 atom stereocenters. The van der Waals surface area contributed by atoms with Crippen molar-refractivity contribution in [3.8, 4) is 0 Å². The van der Waals surface area contributed by atoms with Gasteiger partial charge in [0, 0.05) is 39.5 Å². The first-order valence-corrected chi connectivity index (χ1v) is 7.71. The van der Waals surface area contributed by atoms with Crippen LogP contribution < -0.4 is 5.32 Å². The Morgan fingerprint density at radius 3 is 2.35 bits per heavy atom. The van der Waals surface area contributed by atoms with Gasteiger partial charge in [0.05, 0.1) is 19.8 Å². The second-order valence-corrected chi connectivity index (χ2v) is 4.90. The number of hydrogen-bond donors (Lipinski definition) is 2. The van der Waals surface area contributed by atoms with Gasteiger partial charge in [-0.05, 0) is 12.8 Å². The zero-order valence-electron chi connectivity index (χ0n) is 13.7. The lowest BCUT2D eigenvalue weighted by Gasteiger charge is -2.07. The molecule has 0 aliphatic carbocycles. The minimum Gasteiger partial charge on any atom is -0.481 e. The van der Waals surface area contributed by atoms with Crippen molar-refractivity contribution in [2.24, 2.45) is 0 Å². The number of carboxylic acid groups (broad SMARTS) is 1.